The van der Waals surface area contributed by atoms with E-state index in [1.165, 1.54) is 16.7 Å². The van der Waals surface area contributed by atoms with Crippen molar-refractivity contribution in [2.24, 2.45) is 0 Å². The van der Waals surface area contributed by atoms with E-state index in [-0.39, 0.29) is 18.4 Å². The van der Waals surface area contributed by atoms with E-state index in [1.807, 2.05) is 29.2 Å². The van der Waals surface area contributed by atoms with Gasteiger partial charge in [-0.15, -0.1) is 10.2 Å². The van der Waals surface area contributed by atoms with E-state index >= 15 is 0 Å². The van der Waals surface area contributed by atoms with Crippen molar-refractivity contribution < 1.29 is 9.21 Å². The molecule has 0 spiro atoms. The third kappa shape index (κ3) is 3.38. The summed E-state index contributed by atoms with van der Waals surface area (Å²) >= 11 is 0. The van der Waals surface area contributed by atoms with E-state index in [2.05, 4.69) is 40.5 Å². The summed E-state index contributed by atoms with van der Waals surface area (Å²) in [7, 11) is 0. The number of aromatic nitrogens is 2. The molecule has 0 fully saturated rings. The maximum absolute atomic E-state index is 13.0. The number of carbonyl (C=O) groups excluding carboxylic acids is 1. The zero-order valence-electron chi connectivity index (χ0n) is 14.8. The van der Waals surface area contributed by atoms with Gasteiger partial charge in [-0.05, 0) is 29.5 Å². The molecule has 0 saturated carbocycles. The van der Waals surface area contributed by atoms with Gasteiger partial charge in [0.05, 0.1) is 6.04 Å². The summed E-state index contributed by atoms with van der Waals surface area (Å²) in [5.74, 6) is 0.895. The number of hydrogen-bond acceptors (Lipinski definition) is 4. The van der Waals surface area contributed by atoms with Gasteiger partial charge in [0.25, 0.3) is 0 Å². The number of carbonyl (C=O) groups is 1. The van der Waals surface area contributed by atoms with Crippen LogP contribution in [0, 0.1) is 6.92 Å². The highest BCUT2D eigenvalue weighted by Gasteiger charge is 2.31. The quantitative estimate of drug-likeness (QED) is 0.727. The summed E-state index contributed by atoms with van der Waals surface area (Å²) in [6.07, 6.45) is 1.82. The molecule has 3 aromatic rings. The predicted molar refractivity (Wildman–Crippen MR) is 97.5 cm³/mol. The Morgan fingerprint density at radius 2 is 1.88 bits per heavy atom. The molecular weight excluding hydrogens is 326 g/mol. The predicted octanol–water partition coefficient (Wildman–Crippen LogP) is 3.29. The van der Waals surface area contributed by atoms with Crippen LogP contribution in [0.1, 0.15) is 34.5 Å². The van der Waals surface area contributed by atoms with Crippen LogP contribution in [0.2, 0.25) is 0 Å². The molecule has 1 aliphatic heterocycles. The summed E-state index contributed by atoms with van der Waals surface area (Å²) in [6.45, 7) is 2.44. The van der Waals surface area contributed by atoms with Crippen LogP contribution in [0.15, 0.2) is 59.0 Å². The largest absolute Gasteiger partial charge is 0.425 e. The van der Waals surface area contributed by atoms with E-state index < -0.39 is 0 Å². The van der Waals surface area contributed by atoms with Gasteiger partial charge in [-0.25, -0.2) is 0 Å². The van der Waals surface area contributed by atoms with Gasteiger partial charge in [-0.3, -0.25) is 4.79 Å². The minimum absolute atomic E-state index is 0.0267. The summed E-state index contributed by atoms with van der Waals surface area (Å²) in [6, 6.07) is 18.8. The van der Waals surface area contributed by atoms with Crippen molar-refractivity contribution >= 4 is 5.91 Å². The Hall–Kier alpha value is -2.95. The molecule has 132 valence electrons. The molecular formula is C21H21N3O2. The molecule has 1 aromatic heterocycles. The van der Waals surface area contributed by atoms with Crippen LogP contribution in [-0.2, 0) is 24.1 Å². The van der Waals surface area contributed by atoms with Gasteiger partial charge in [-0.2, -0.15) is 0 Å². The lowest BCUT2D eigenvalue weighted by Crippen LogP contribution is -2.41. The van der Waals surface area contributed by atoms with E-state index in [0.717, 1.165) is 12.8 Å². The van der Waals surface area contributed by atoms with Crippen LogP contribution >= 0.6 is 0 Å². The fraction of sp³-hybridized carbons (Fsp3) is 0.286. The highest BCUT2D eigenvalue weighted by atomic mass is 16.4. The molecule has 0 bridgehead atoms. The lowest BCUT2D eigenvalue weighted by molar-refractivity contribution is -0.133. The van der Waals surface area contributed by atoms with E-state index in [9.17, 15) is 4.79 Å². The number of hydrogen-bond donors (Lipinski definition) is 0. The Labute approximate surface area is 152 Å². The minimum atomic E-state index is 0.0267. The molecule has 0 aliphatic carbocycles. The SMILES string of the molecule is Cc1nnc(CC(=O)N2CCc3ccccc3C2Cc2ccccc2)o1. The molecule has 5 nitrogen and oxygen atoms in total. The van der Waals surface area contributed by atoms with Crippen molar-refractivity contribution in [2.75, 3.05) is 6.54 Å². The summed E-state index contributed by atoms with van der Waals surface area (Å²) < 4.78 is 5.40. The maximum Gasteiger partial charge on any atom is 0.232 e. The van der Waals surface area contributed by atoms with Gasteiger partial charge in [-0.1, -0.05) is 54.6 Å². The van der Waals surface area contributed by atoms with Crippen molar-refractivity contribution in [1.29, 1.82) is 0 Å². The fourth-order valence-corrected chi connectivity index (χ4v) is 3.65. The Morgan fingerprint density at radius 1 is 1.12 bits per heavy atom. The monoisotopic (exact) mass is 347 g/mol. The molecule has 1 amide bonds. The first-order valence-corrected chi connectivity index (χ1v) is 8.91. The van der Waals surface area contributed by atoms with E-state index in [0.29, 0.717) is 18.3 Å². The summed E-state index contributed by atoms with van der Waals surface area (Å²) in [5, 5.41) is 7.79. The smallest absolute Gasteiger partial charge is 0.232 e. The second kappa shape index (κ2) is 7.12. The lowest BCUT2D eigenvalue weighted by atomic mass is 9.88. The van der Waals surface area contributed by atoms with Crippen LogP contribution in [0.5, 0.6) is 0 Å². The Morgan fingerprint density at radius 3 is 2.65 bits per heavy atom. The molecule has 0 N–H and O–H groups in total. The number of rotatable bonds is 4. The Balaban J connectivity index is 1.62. The second-order valence-corrected chi connectivity index (χ2v) is 6.63. The standard InChI is InChI=1S/C21H21N3O2/c1-15-22-23-20(26-15)14-21(25)24-12-11-17-9-5-6-10-18(17)19(24)13-16-7-3-2-4-8-16/h2-10,19H,11-14H2,1H3. The number of fused-ring (bicyclic) bond motifs is 1. The molecule has 1 aliphatic rings. The number of aryl methyl sites for hydroxylation is 1. The molecule has 4 rings (SSSR count). The van der Waals surface area contributed by atoms with Crippen LogP contribution in [0.4, 0.5) is 0 Å². The molecule has 26 heavy (non-hydrogen) atoms. The van der Waals surface area contributed by atoms with Gasteiger partial charge in [0.15, 0.2) is 0 Å². The molecule has 5 heteroatoms. The average Bonchev–Trinajstić information content (AvgIpc) is 3.07. The summed E-state index contributed by atoms with van der Waals surface area (Å²) in [5.41, 5.74) is 3.78. The van der Waals surface area contributed by atoms with Crippen molar-refractivity contribution in [3.8, 4) is 0 Å². The first-order chi connectivity index (χ1) is 12.7. The molecule has 1 unspecified atom stereocenters. The molecule has 1 atom stereocenters. The number of benzene rings is 2. The van der Waals surface area contributed by atoms with Crippen LogP contribution in [0.25, 0.3) is 0 Å². The first-order valence-electron chi connectivity index (χ1n) is 8.91. The number of amides is 1. The average molecular weight is 347 g/mol. The topological polar surface area (TPSA) is 59.2 Å². The number of nitrogens with zero attached hydrogens (tertiary/aromatic N) is 3. The Kier molecular flexibility index (Phi) is 4.52. The van der Waals surface area contributed by atoms with E-state index in [1.54, 1.807) is 6.92 Å². The van der Waals surface area contributed by atoms with Gasteiger partial charge in [0.1, 0.15) is 6.42 Å². The van der Waals surface area contributed by atoms with Crippen molar-refractivity contribution in [1.82, 2.24) is 15.1 Å². The first kappa shape index (κ1) is 16.5. The van der Waals surface area contributed by atoms with Crippen molar-refractivity contribution in [3.63, 3.8) is 0 Å². The van der Waals surface area contributed by atoms with Crippen LogP contribution in [0.3, 0.4) is 0 Å². The third-order valence-corrected chi connectivity index (χ3v) is 4.87. The van der Waals surface area contributed by atoms with Gasteiger partial charge >= 0.3 is 0 Å². The second-order valence-electron chi connectivity index (χ2n) is 6.63. The van der Waals surface area contributed by atoms with Crippen molar-refractivity contribution in [3.05, 3.63) is 83.1 Å². The molecule has 0 saturated heterocycles. The lowest BCUT2D eigenvalue weighted by Gasteiger charge is -2.37. The minimum Gasteiger partial charge on any atom is -0.425 e. The molecule has 2 heterocycles. The zero-order valence-corrected chi connectivity index (χ0v) is 14.8. The van der Waals surface area contributed by atoms with Crippen LogP contribution < -0.4 is 0 Å². The normalized spacial score (nSPS) is 16.3. The molecule has 0 radical (unpaired) electrons. The zero-order chi connectivity index (χ0) is 17.9. The Bertz CT molecular complexity index is 904. The fourth-order valence-electron chi connectivity index (χ4n) is 3.65. The van der Waals surface area contributed by atoms with Gasteiger partial charge in [0, 0.05) is 13.5 Å². The third-order valence-electron chi connectivity index (χ3n) is 4.87. The highest BCUT2D eigenvalue weighted by molar-refractivity contribution is 5.78. The highest BCUT2D eigenvalue weighted by Crippen LogP contribution is 2.33. The van der Waals surface area contributed by atoms with Crippen LogP contribution in [-0.4, -0.2) is 27.5 Å². The maximum atomic E-state index is 13.0. The molecule has 2 aromatic carbocycles. The summed E-state index contributed by atoms with van der Waals surface area (Å²) in [4.78, 5) is 15.0. The van der Waals surface area contributed by atoms with Gasteiger partial charge in [0.2, 0.25) is 17.7 Å². The van der Waals surface area contributed by atoms with E-state index in [4.69, 9.17) is 4.42 Å². The van der Waals surface area contributed by atoms with Gasteiger partial charge < -0.3 is 9.32 Å². The van der Waals surface area contributed by atoms with Crippen molar-refractivity contribution in [2.45, 2.75) is 32.2 Å².